The smallest absolute Gasteiger partial charge is 0.248 e. The Balaban J connectivity index is 2.15. The van der Waals surface area contributed by atoms with E-state index >= 15 is 0 Å². The van der Waals surface area contributed by atoms with Crippen molar-refractivity contribution in [2.24, 2.45) is 5.73 Å². The van der Waals surface area contributed by atoms with Crippen LogP contribution in [0.2, 0.25) is 0 Å². The Morgan fingerprint density at radius 1 is 1.40 bits per heavy atom. The lowest BCUT2D eigenvalue weighted by molar-refractivity contribution is 0.1000. The van der Waals surface area contributed by atoms with E-state index in [1.54, 1.807) is 6.07 Å². The first-order valence-corrected chi connectivity index (χ1v) is 5.10. The van der Waals surface area contributed by atoms with Crippen molar-refractivity contribution in [3.05, 3.63) is 41.6 Å². The van der Waals surface area contributed by atoms with Crippen LogP contribution >= 0.6 is 0 Å². The molecule has 3 heteroatoms. The molecule has 1 saturated carbocycles. The molecule has 1 amide bonds. The van der Waals surface area contributed by atoms with Crippen LogP contribution in [-0.2, 0) is 5.41 Å². The van der Waals surface area contributed by atoms with Crippen LogP contribution in [0.3, 0.4) is 0 Å². The van der Waals surface area contributed by atoms with E-state index in [4.69, 9.17) is 5.73 Å². The third-order valence-corrected chi connectivity index (χ3v) is 3.27. The molecule has 76 valence electrons. The molecule has 1 aromatic rings. The van der Waals surface area contributed by atoms with E-state index in [1.165, 1.54) is 18.4 Å². The van der Waals surface area contributed by atoms with Crippen molar-refractivity contribution in [2.75, 3.05) is 5.32 Å². The molecule has 1 aliphatic heterocycles. The van der Waals surface area contributed by atoms with E-state index < -0.39 is 0 Å². The van der Waals surface area contributed by atoms with Crippen LogP contribution in [0, 0.1) is 0 Å². The molecule has 1 heterocycles. The van der Waals surface area contributed by atoms with Crippen molar-refractivity contribution in [2.45, 2.75) is 18.3 Å². The van der Waals surface area contributed by atoms with Gasteiger partial charge in [0.15, 0.2) is 0 Å². The number of carbonyl (C=O) groups excluding carboxylic acids is 1. The lowest BCUT2D eigenvalue weighted by atomic mass is 9.90. The minimum Gasteiger partial charge on any atom is -0.366 e. The fourth-order valence-electron chi connectivity index (χ4n) is 2.19. The number of rotatable bonds is 1. The number of hydrogen-bond acceptors (Lipinski definition) is 2. The molecule has 3 N–H and O–H groups in total. The average Bonchev–Trinajstić information content (AvgIpc) is 2.99. The van der Waals surface area contributed by atoms with E-state index in [1.807, 2.05) is 18.3 Å². The zero-order valence-corrected chi connectivity index (χ0v) is 8.29. The molecule has 0 saturated heterocycles. The van der Waals surface area contributed by atoms with Crippen LogP contribution in [0.15, 0.2) is 30.5 Å². The van der Waals surface area contributed by atoms with E-state index in [0.29, 0.717) is 5.56 Å². The van der Waals surface area contributed by atoms with Crippen molar-refractivity contribution in [3.63, 3.8) is 0 Å². The summed E-state index contributed by atoms with van der Waals surface area (Å²) in [6, 6.07) is 5.61. The molecule has 15 heavy (non-hydrogen) atoms. The maximum atomic E-state index is 11.1. The molecule has 0 bridgehead atoms. The topological polar surface area (TPSA) is 55.1 Å². The average molecular weight is 200 g/mol. The quantitative estimate of drug-likeness (QED) is 0.725. The summed E-state index contributed by atoms with van der Waals surface area (Å²) in [7, 11) is 0. The van der Waals surface area contributed by atoms with E-state index in [9.17, 15) is 4.79 Å². The fourth-order valence-corrected chi connectivity index (χ4v) is 2.19. The van der Waals surface area contributed by atoms with Gasteiger partial charge in [0.05, 0.1) is 0 Å². The number of allylic oxidation sites excluding steroid dienone is 1. The van der Waals surface area contributed by atoms with Gasteiger partial charge in [0, 0.05) is 16.7 Å². The van der Waals surface area contributed by atoms with Crippen molar-refractivity contribution >= 4 is 11.6 Å². The van der Waals surface area contributed by atoms with Gasteiger partial charge in [0.25, 0.3) is 0 Å². The van der Waals surface area contributed by atoms with Crippen LogP contribution in [0.4, 0.5) is 5.69 Å². The number of anilines is 1. The number of fused-ring (bicyclic) bond motifs is 2. The summed E-state index contributed by atoms with van der Waals surface area (Å²) < 4.78 is 0. The van der Waals surface area contributed by atoms with Gasteiger partial charge in [-0.2, -0.15) is 0 Å². The van der Waals surface area contributed by atoms with Crippen LogP contribution in [0.1, 0.15) is 28.8 Å². The Labute approximate surface area is 88.0 Å². The summed E-state index contributed by atoms with van der Waals surface area (Å²) in [5.41, 5.74) is 8.37. The van der Waals surface area contributed by atoms with E-state index in [2.05, 4.69) is 11.4 Å². The number of carbonyl (C=O) groups is 1. The first-order valence-electron chi connectivity index (χ1n) is 5.10. The Morgan fingerprint density at radius 2 is 2.20 bits per heavy atom. The predicted molar refractivity (Wildman–Crippen MR) is 58.6 cm³/mol. The Bertz CT molecular complexity index is 473. The van der Waals surface area contributed by atoms with Crippen LogP contribution in [0.25, 0.3) is 0 Å². The molecule has 1 aromatic carbocycles. The van der Waals surface area contributed by atoms with Crippen molar-refractivity contribution < 1.29 is 4.79 Å². The van der Waals surface area contributed by atoms with Crippen LogP contribution in [0.5, 0.6) is 0 Å². The molecule has 0 aromatic heterocycles. The minimum absolute atomic E-state index is 0.187. The van der Waals surface area contributed by atoms with Gasteiger partial charge in [-0.1, -0.05) is 6.08 Å². The van der Waals surface area contributed by atoms with Crippen molar-refractivity contribution in [1.29, 1.82) is 0 Å². The molecule has 0 radical (unpaired) electrons. The molecule has 0 atom stereocenters. The highest BCUT2D eigenvalue weighted by Crippen LogP contribution is 2.53. The Morgan fingerprint density at radius 3 is 2.87 bits per heavy atom. The lowest BCUT2D eigenvalue weighted by Crippen LogP contribution is -2.16. The Kier molecular flexibility index (Phi) is 1.49. The lowest BCUT2D eigenvalue weighted by Gasteiger charge is -2.21. The molecule has 1 aliphatic carbocycles. The summed E-state index contributed by atoms with van der Waals surface area (Å²) >= 11 is 0. The summed E-state index contributed by atoms with van der Waals surface area (Å²) in [4.78, 5) is 11.1. The molecular weight excluding hydrogens is 188 g/mol. The number of primary amides is 1. The number of benzene rings is 1. The fraction of sp³-hybridized carbons (Fsp3) is 0.250. The first kappa shape index (κ1) is 8.53. The van der Waals surface area contributed by atoms with Gasteiger partial charge < -0.3 is 11.1 Å². The number of nitrogens with two attached hydrogens (primary N) is 1. The zero-order valence-electron chi connectivity index (χ0n) is 8.29. The molecule has 2 aliphatic rings. The maximum absolute atomic E-state index is 11.1. The zero-order chi connectivity index (χ0) is 10.5. The third kappa shape index (κ3) is 1.16. The normalized spacial score (nSPS) is 19.5. The second kappa shape index (κ2) is 2.63. The van der Waals surface area contributed by atoms with Gasteiger partial charge in [0.2, 0.25) is 5.91 Å². The molecule has 1 spiro atoms. The highest BCUT2D eigenvalue weighted by atomic mass is 16.1. The standard InChI is InChI=1S/C12H12N2O/c13-11(15)8-1-2-10-9(7-8)12(3-4-12)5-6-14-10/h1-2,5-7,14H,3-4H2,(H2,13,15). The molecular formula is C12H12N2O. The monoisotopic (exact) mass is 200 g/mol. The summed E-state index contributed by atoms with van der Waals surface area (Å²) in [6.07, 6.45) is 6.50. The maximum Gasteiger partial charge on any atom is 0.248 e. The van der Waals surface area contributed by atoms with Gasteiger partial charge in [0.1, 0.15) is 0 Å². The van der Waals surface area contributed by atoms with Crippen molar-refractivity contribution in [3.8, 4) is 0 Å². The molecule has 3 rings (SSSR count). The number of hydrogen-bond donors (Lipinski definition) is 2. The van der Waals surface area contributed by atoms with Gasteiger partial charge >= 0.3 is 0 Å². The third-order valence-electron chi connectivity index (χ3n) is 3.27. The van der Waals surface area contributed by atoms with Gasteiger partial charge in [-0.25, -0.2) is 0 Å². The number of amides is 1. The van der Waals surface area contributed by atoms with Crippen molar-refractivity contribution in [1.82, 2.24) is 0 Å². The van der Waals surface area contributed by atoms with Gasteiger partial charge in [-0.3, -0.25) is 4.79 Å². The van der Waals surface area contributed by atoms with Crippen LogP contribution in [-0.4, -0.2) is 5.91 Å². The van der Waals surface area contributed by atoms with Crippen LogP contribution < -0.4 is 11.1 Å². The highest BCUT2D eigenvalue weighted by Gasteiger charge is 2.44. The van der Waals surface area contributed by atoms with Gasteiger partial charge in [-0.15, -0.1) is 0 Å². The second-order valence-electron chi connectivity index (χ2n) is 4.26. The van der Waals surface area contributed by atoms with E-state index in [-0.39, 0.29) is 11.3 Å². The molecule has 1 fully saturated rings. The minimum atomic E-state index is -0.358. The molecule has 3 nitrogen and oxygen atoms in total. The summed E-state index contributed by atoms with van der Waals surface area (Å²) in [6.45, 7) is 0. The predicted octanol–water partition coefficient (Wildman–Crippen LogP) is 1.76. The second-order valence-corrected chi connectivity index (χ2v) is 4.26. The summed E-state index contributed by atoms with van der Waals surface area (Å²) in [5.74, 6) is -0.358. The SMILES string of the molecule is NC(=O)c1ccc2c(c1)C1(C=CN2)CC1. The Hall–Kier alpha value is -1.77. The summed E-state index contributed by atoms with van der Waals surface area (Å²) in [5, 5.41) is 3.19. The van der Waals surface area contributed by atoms with Gasteiger partial charge in [-0.05, 0) is 42.8 Å². The largest absolute Gasteiger partial charge is 0.366 e. The first-order chi connectivity index (χ1) is 7.21. The molecule has 0 unspecified atom stereocenters. The number of nitrogens with one attached hydrogen (secondary N) is 1. The van der Waals surface area contributed by atoms with E-state index in [0.717, 1.165) is 5.69 Å². The highest BCUT2D eigenvalue weighted by molar-refractivity contribution is 5.93.